The molecular weight excluding hydrogens is 220 g/mol. The van der Waals surface area contributed by atoms with Crippen LogP contribution in [-0.2, 0) is 12.8 Å². The van der Waals surface area contributed by atoms with Gasteiger partial charge in [-0.25, -0.2) is 0 Å². The second-order valence-electron chi connectivity index (χ2n) is 4.52. The quantitative estimate of drug-likeness (QED) is 0.648. The first kappa shape index (κ1) is 11.1. The topological polar surface area (TPSA) is 13.1 Å². The number of hydrogen-bond acceptors (Lipinski definition) is 1. The fourth-order valence-electron chi connectivity index (χ4n) is 2.43. The monoisotopic (exact) mass is 236 g/mol. The van der Waals surface area contributed by atoms with Crippen molar-refractivity contribution in [3.63, 3.8) is 0 Å². The van der Waals surface area contributed by atoms with Gasteiger partial charge >= 0.3 is 0 Å². The van der Waals surface area contributed by atoms with Gasteiger partial charge in [0.2, 0.25) is 0 Å². The molecule has 0 spiro atoms. The number of rotatable bonds is 3. The van der Waals surface area contributed by atoms with Crippen LogP contribution in [0.2, 0.25) is 0 Å². The van der Waals surface area contributed by atoms with Crippen molar-refractivity contribution in [2.24, 2.45) is 0 Å². The Hall–Kier alpha value is -2.02. The Morgan fingerprint density at radius 3 is 2.39 bits per heavy atom. The van der Waals surface area contributed by atoms with Crippen molar-refractivity contribution in [2.45, 2.75) is 19.8 Å². The van der Waals surface area contributed by atoms with Gasteiger partial charge in [-0.1, -0.05) is 55.5 Å². The maximum Gasteiger partial charge on any atom is 0.134 e. The lowest BCUT2D eigenvalue weighted by molar-refractivity contribution is 0.551. The Bertz CT molecular complexity index is 650. The van der Waals surface area contributed by atoms with Crippen molar-refractivity contribution >= 4 is 11.0 Å². The van der Waals surface area contributed by atoms with Gasteiger partial charge in [0.25, 0.3) is 0 Å². The Labute approximate surface area is 107 Å². The summed E-state index contributed by atoms with van der Waals surface area (Å²) in [5, 5.41) is 1.25. The fourth-order valence-corrected chi connectivity index (χ4v) is 2.43. The van der Waals surface area contributed by atoms with Crippen LogP contribution in [0.25, 0.3) is 11.0 Å². The molecule has 0 radical (unpaired) electrons. The van der Waals surface area contributed by atoms with Gasteiger partial charge in [0, 0.05) is 23.8 Å². The van der Waals surface area contributed by atoms with E-state index in [0.29, 0.717) is 0 Å². The zero-order chi connectivity index (χ0) is 12.4. The minimum atomic E-state index is 0.941. The minimum absolute atomic E-state index is 0.941. The molecule has 0 unspecified atom stereocenters. The first-order valence-electron chi connectivity index (χ1n) is 6.41. The van der Waals surface area contributed by atoms with E-state index in [0.717, 1.165) is 24.2 Å². The van der Waals surface area contributed by atoms with Crippen LogP contribution in [0.5, 0.6) is 0 Å². The van der Waals surface area contributed by atoms with Crippen molar-refractivity contribution < 1.29 is 4.42 Å². The van der Waals surface area contributed by atoms with Crippen molar-refractivity contribution in [1.82, 2.24) is 0 Å². The summed E-state index contributed by atoms with van der Waals surface area (Å²) in [6, 6.07) is 18.9. The standard InChI is InChI=1S/C17H16O/c1-2-16-15(12-13-8-4-3-5-9-13)14-10-6-7-11-17(14)18-16/h3-11H,2,12H2,1H3. The van der Waals surface area contributed by atoms with Crippen LogP contribution >= 0.6 is 0 Å². The zero-order valence-corrected chi connectivity index (χ0v) is 10.5. The number of fused-ring (bicyclic) bond motifs is 1. The maximum absolute atomic E-state index is 5.92. The lowest BCUT2D eigenvalue weighted by atomic mass is 10.0. The molecule has 0 fully saturated rings. The molecule has 0 bridgehead atoms. The summed E-state index contributed by atoms with van der Waals surface area (Å²) in [7, 11) is 0. The van der Waals surface area contributed by atoms with E-state index in [4.69, 9.17) is 4.42 Å². The van der Waals surface area contributed by atoms with E-state index in [9.17, 15) is 0 Å². The predicted molar refractivity (Wildman–Crippen MR) is 74.8 cm³/mol. The minimum Gasteiger partial charge on any atom is -0.461 e. The van der Waals surface area contributed by atoms with Crippen molar-refractivity contribution in [2.75, 3.05) is 0 Å². The molecule has 0 saturated heterocycles. The fraction of sp³-hybridized carbons (Fsp3) is 0.176. The third kappa shape index (κ3) is 1.92. The number of benzene rings is 2. The van der Waals surface area contributed by atoms with E-state index in [1.54, 1.807) is 0 Å². The Morgan fingerprint density at radius 2 is 1.61 bits per heavy atom. The van der Waals surface area contributed by atoms with E-state index in [-0.39, 0.29) is 0 Å². The van der Waals surface area contributed by atoms with Gasteiger partial charge in [-0.2, -0.15) is 0 Å². The summed E-state index contributed by atoms with van der Waals surface area (Å²) < 4.78 is 5.92. The molecule has 90 valence electrons. The van der Waals surface area contributed by atoms with Gasteiger partial charge in [0.1, 0.15) is 11.3 Å². The molecule has 3 rings (SSSR count). The van der Waals surface area contributed by atoms with Gasteiger partial charge in [-0.05, 0) is 11.6 Å². The summed E-state index contributed by atoms with van der Waals surface area (Å²) >= 11 is 0. The lowest BCUT2D eigenvalue weighted by Crippen LogP contribution is -1.90. The molecule has 0 aliphatic carbocycles. The summed E-state index contributed by atoms with van der Waals surface area (Å²) in [5.41, 5.74) is 3.67. The highest BCUT2D eigenvalue weighted by Crippen LogP contribution is 2.28. The van der Waals surface area contributed by atoms with Crippen molar-refractivity contribution in [3.8, 4) is 0 Å². The van der Waals surface area contributed by atoms with E-state index in [1.165, 1.54) is 16.5 Å². The molecule has 1 heteroatoms. The van der Waals surface area contributed by atoms with Crippen LogP contribution in [0.3, 0.4) is 0 Å². The van der Waals surface area contributed by atoms with Crippen LogP contribution in [0, 0.1) is 0 Å². The molecule has 0 amide bonds. The molecule has 18 heavy (non-hydrogen) atoms. The number of aryl methyl sites for hydroxylation is 1. The number of para-hydroxylation sites is 1. The van der Waals surface area contributed by atoms with E-state index >= 15 is 0 Å². The highest BCUT2D eigenvalue weighted by molar-refractivity contribution is 5.82. The second kappa shape index (κ2) is 4.69. The van der Waals surface area contributed by atoms with Gasteiger partial charge in [0.05, 0.1) is 0 Å². The first-order chi connectivity index (χ1) is 8.88. The molecule has 2 aromatic carbocycles. The molecule has 0 atom stereocenters. The molecular formula is C17H16O. The van der Waals surface area contributed by atoms with Crippen LogP contribution in [0.15, 0.2) is 59.0 Å². The van der Waals surface area contributed by atoms with E-state index < -0.39 is 0 Å². The highest BCUT2D eigenvalue weighted by atomic mass is 16.3. The highest BCUT2D eigenvalue weighted by Gasteiger charge is 2.12. The zero-order valence-electron chi connectivity index (χ0n) is 10.5. The molecule has 0 saturated carbocycles. The van der Waals surface area contributed by atoms with Crippen LogP contribution < -0.4 is 0 Å². The third-order valence-electron chi connectivity index (χ3n) is 3.33. The first-order valence-corrected chi connectivity index (χ1v) is 6.41. The third-order valence-corrected chi connectivity index (χ3v) is 3.33. The largest absolute Gasteiger partial charge is 0.461 e. The smallest absolute Gasteiger partial charge is 0.134 e. The summed E-state index contributed by atoms with van der Waals surface area (Å²) in [5.74, 6) is 1.11. The molecule has 0 N–H and O–H groups in total. The summed E-state index contributed by atoms with van der Waals surface area (Å²) in [6.45, 7) is 2.15. The molecule has 0 aliphatic rings. The Kier molecular flexibility index (Phi) is 2.89. The van der Waals surface area contributed by atoms with Crippen LogP contribution in [0.4, 0.5) is 0 Å². The predicted octanol–water partition coefficient (Wildman–Crippen LogP) is 4.59. The molecule has 1 aromatic heterocycles. The van der Waals surface area contributed by atoms with Crippen LogP contribution in [-0.4, -0.2) is 0 Å². The molecule has 1 nitrogen and oxygen atoms in total. The molecule has 0 aliphatic heterocycles. The van der Waals surface area contributed by atoms with Gasteiger partial charge in [-0.3, -0.25) is 0 Å². The van der Waals surface area contributed by atoms with Gasteiger partial charge < -0.3 is 4.42 Å². The number of furan rings is 1. The van der Waals surface area contributed by atoms with Gasteiger partial charge in [-0.15, -0.1) is 0 Å². The van der Waals surface area contributed by atoms with Gasteiger partial charge in [0.15, 0.2) is 0 Å². The Morgan fingerprint density at radius 1 is 0.889 bits per heavy atom. The van der Waals surface area contributed by atoms with Crippen molar-refractivity contribution in [1.29, 1.82) is 0 Å². The average molecular weight is 236 g/mol. The number of hydrogen-bond donors (Lipinski definition) is 0. The summed E-state index contributed by atoms with van der Waals surface area (Å²) in [4.78, 5) is 0. The second-order valence-corrected chi connectivity index (χ2v) is 4.52. The van der Waals surface area contributed by atoms with E-state index in [1.807, 2.05) is 12.1 Å². The molecule has 3 aromatic rings. The average Bonchev–Trinajstić information content (AvgIpc) is 2.78. The Balaban J connectivity index is 2.10. The maximum atomic E-state index is 5.92. The van der Waals surface area contributed by atoms with E-state index in [2.05, 4.69) is 49.4 Å². The van der Waals surface area contributed by atoms with Crippen LogP contribution in [0.1, 0.15) is 23.8 Å². The molecule has 1 heterocycles. The lowest BCUT2D eigenvalue weighted by Gasteiger charge is -2.01. The SMILES string of the molecule is CCc1oc2ccccc2c1Cc1ccccc1. The normalized spacial score (nSPS) is 10.9. The van der Waals surface area contributed by atoms with Crippen molar-refractivity contribution in [3.05, 3.63) is 71.5 Å². The summed E-state index contributed by atoms with van der Waals surface area (Å²) in [6.07, 6.45) is 1.89.